The number of hydrogen-bond donors (Lipinski definition) is 2. The van der Waals surface area contributed by atoms with E-state index in [4.69, 9.17) is 4.74 Å². The summed E-state index contributed by atoms with van der Waals surface area (Å²) in [5.74, 6) is 0.682. The van der Waals surface area contributed by atoms with Gasteiger partial charge in [-0.3, -0.25) is 0 Å². The predicted octanol–water partition coefficient (Wildman–Crippen LogP) is 2.93. The van der Waals surface area contributed by atoms with Gasteiger partial charge in [0.25, 0.3) is 0 Å². The van der Waals surface area contributed by atoms with Crippen LogP contribution in [0.3, 0.4) is 0 Å². The summed E-state index contributed by atoms with van der Waals surface area (Å²) in [6.45, 7) is 4.52. The first kappa shape index (κ1) is 13.9. The van der Waals surface area contributed by atoms with Gasteiger partial charge in [0.1, 0.15) is 0 Å². The van der Waals surface area contributed by atoms with E-state index >= 15 is 0 Å². The molecule has 0 bridgehead atoms. The maximum Gasteiger partial charge on any atom is 0.319 e. The molecule has 0 radical (unpaired) electrons. The second-order valence-corrected chi connectivity index (χ2v) is 5.12. The van der Waals surface area contributed by atoms with E-state index in [-0.39, 0.29) is 6.03 Å². The molecule has 1 aromatic rings. The predicted molar refractivity (Wildman–Crippen MR) is 76.4 cm³/mol. The molecular formula is C15H22N2O2. The molecule has 0 aromatic heterocycles. The zero-order valence-electron chi connectivity index (χ0n) is 11.4. The molecule has 1 atom stereocenters. The van der Waals surface area contributed by atoms with Crippen molar-refractivity contribution in [2.45, 2.75) is 26.2 Å². The molecule has 4 nitrogen and oxygen atoms in total. The molecule has 2 amide bonds. The minimum absolute atomic E-state index is 0.133. The zero-order valence-corrected chi connectivity index (χ0v) is 11.4. The first-order valence-electron chi connectivity index (χ1n) is 6.93. The zero-order chi connectivity index (χ0) is 13.5. The summed E-state index contributed by atoms with van der Waals surface area (Å²) >= 11 is 0. The third-order valence-corrected chi connectivity index (χ3v) is 3.41. The molecule has 104 valence electrons. The summed E-state index contributed by atoms with van der Waals surface area (Å²) in [7, 11) is 0. The second kappa shape index (κ2) is 7.14. The Morgan fingerprint density at radius 2 is 2.16 bits per heavy atom. The molecule has 1 saturated heterocycles. The van der Waals surface area contributed by atoms with Crippen LogP contribution in [-0.2, 0) is 4.74 Å². The number of aryl methyl sites for hydroxylation is 1. The van der Waals surface area contributed by atoms with E-state index in [2.05, 4.69) is 10.6 Å². The Hall–Kier alpha value is -1.55. The first-order valence-corrected chi connectivity index (χ1v) is 6.93. The maximum atomic E-state index is 11.6. The smallest absolute Gasteiger partial charge is 0.319 e. The number of ether oxygens (including phenoxy) is 1. The van der Waals surface area contributed by atoms with Crippen molar-refractivity contribution in [2.24, 2.45) is 5.92 Å². The van der Waals surface area contributed by atoms with Gasteiger partial charge in [0, 0.05) is 25.4 Å². The molecule has 1 fully saturated rings. The lowest BCUT2D eigenvalue weighted by molar-refractivity contribution is 0.184. The average molecular weight is 262 g/mol. The van der Waals surface area contributed by atoms with E-state index in [1.807, 2.05) is 31.2 Å². The van der Waals surface area contributed by atoms with E-state index in [1.165, 1.54) is 5.56 Å². The van der Waals surface area contributed by atoms with Crippen LogP contribution >= 0.6 is 0 Å². The molecule has 2 N–H and O–H groups in total. The number of nitrogens with one attached hydrogen (secondary N) is 2. The fraction of sp³-hybridized carbons (Fsp3) is 0.533. The Morgan fingerprint density at radius 3 is 2.84 bits per heavy atom. The number of rotatable bonds is 5. The van der Waals surface area contributed by atoms with Crippen molar-refractivity contribution in [1.29, 1.82) is 0 Å². The maximum absolute atomic E-state index is 11.6. The Morgan fingerprint density at radius 1 is 1.37 bits per heavy atom. The summed E-state index contributed by atoms with van der Waals surface area (Å²) in [5.41, 5.74) is 2.01. The van der Waals surface area contributed by atoms with Crippen LogP contribution < -0.4 is 10.6 Å². The van der Waals surface area contributed by atoms with Gasteiger partial charge in [-0.2, -0.15) is 0 Å². The second-order valence-electron chi connectivity index (χ2n) is 5.12. The standard InChI is InChI=1S/C15H22N2O2/c1-12-4-6-14(7-5-12)17-15(18)16-9-2-3-13-8-10-19-11-13/h4-7,13H,2-3,8-11H2,1H3,(H2,16,17,18)/t13-/m0/s1. The van der Waals surface area contributed by atoms with E-state index < -0.39 is 0 Å². The van der Waals surface area contributed by atoms with Gasteiger partial charge in [-0.25, -0.2) is 4.79 Å². The van der Waals surface area contributed by atoms with Crippen molar-refractivity contribution in [3.05, 3.63) is 29.8 Å². The summed E-state index contributed by atoms with van der Waals surface area (Å²) in [6.07, 6.45) is 3.30. The fourth-order valence-corrected chi connectivity index (χ4v) is 2.22. The summed E-state index contributed by atoms with van der Waals surface area (Å²) < 4.78 is 5.32. The van der Waals surface area contributed by atoms with Crippen LogP contribution in [0.25, 0.3) is 0 Å². The average Bonchev–Trinajstić information content (AvgIpc) is 2.91. The van der Waals surface area contributed by atoms with Crippen molar-refractivity contribution < 1.29 is 9.53 Å². The molecule has 0 saturated carbocycles. The third kappa shape index (κ3) is 4.91. The highest BCUT2D eigenvalue weighted by molar-refractivity contribution is 5.89. The topological polar surface area (TPSA) is 50.4 Å². The van der Waals surface area contributed by atoms with E-state index in [9.17, 15) is 4.79 Å². The highest BCUT2D eigenvalue weighted by Gasteiger charge is 2.14. The van der Waals surface area contributed by atoms with Crippen LogP contribution in [0.5, 0.6) is 0 Å². The molecule has 19 heavy (non-hydrogen) atoms. The van der Waals surface area contributed by atoms with Crippen LogP contribution in [0.2, 0.25) is 0 Å². The number of anilines is 1. The van der Waals surface area contributed by atoms with Crippen LogP contribution in [0, 0.1) is 12.8 Å². The van der Waals surface area contributed by atoms with Crippen molar-refractivity contribution >= 4 is 11.7 Å². The quantitative estimate of drug-likeness (QED) is 0.802. The fourth-order valence-electron chi connectivity index (χ4n) is 2.22. The minimum Gasteiger partial charge on any atom is -0.381 e. The van der Waals surface area contributed by atoms with Crippen LogP contribution in [-0.4, -0.2) is 25.8 Å². The van der Waals surface area contributed by atoms with E-state index in [0.29, 0.717) is 12.5 Å². The first-order chi connectivity index (χ1) is 9.24. The highest BCUT2D eigenvalue weighted by atomic mass is 16.5. The lowest BCUT2D eigenvalue weighted by Gasteiger charge is -2.09. The Labute approximate surface area is 114 Å². The van der Waals surface area contributed by atoms with E-state index in [0.717, 1.165) is 38.2 Å². The number of urea groups is 1. The Balaban J connectivity index is 1.60. The lowest BCUT2D eigenvalue weighted by atomic mass is 10.0. The van der Waals surface area contributed by atoms with Gasteiger partial charge >= 0.3 is 6.03 Å². The van der Waals surface area contributed by atoms with E-state index in [1.54, 1.807) is 0 Å². The van der Waals surface area contributed by atoms with Gasteiger partial charge in [0.15, 0.2) is 0 Å². The SMILES string of the molecule is Cc1ccc(NC(=O)NCCC[C@H]2CCOC2)cc1. The molecule has 4 heteroatoms. The molecule has 0 aliphatic carbocycles. The number of carbonyl (C=O) groups is 1. The van der Waals surface area contributed by atoms with Gasteiger partial charge in [-0.15, -0.1) is 0 Å². The number of hydrogen-bond acceptors (Lipinski definition) is 2. The molecule has 1 heterocycles. The van der Waals surface area contributed by atoms with Crippen molar-refractivity contribution in [1.82, 2.24) is 5.32 Å². The molecular weight excluding hydrogens is 240 g/mol. The summed E-state index contributed by atoms with van der Waals surface area (Å²) in [6, 6.07) is 7.65. The lowest BCUT2D eigenvalue weighted by Crippen LogP contribution is -2.29. The van der Waals surface area contributed by atoms with Gasteiger partial charge < -0.3 is 15.4 Å². The third-order valence-electron chi connectivity index (χ3n) is 3.41. The van der Waals surface area contributed by atoms with Gasteiger partial charge in [0.2, 0.25) is 0 Å². The summed E-state index contributed by atoms with van der Waals surface area (Å²) in [5, 5.41) is 5.70. The molecule has 1 aromatic carbocycles. The number of amides is 2. The van der Waals surface area contributed by atoms with Gasteiger partial charge in [-0.1, -0.05) is 17.7 Å². The number of benzene rings is 1. The molecule has 0 unspecified atom stereocenters. The van der Waals surface area contributed by atoms with Gasteiger partial charge in [-0.05, 0) is 44.2 Å². The van der Waals surface area contributed by atoms with Crippen LogP contribution in [0.15, 0.2) is 24.3 Å². The highest BCUT2D eigenvalue weighted by Crippen LogP contribution is 2.17. The molecule has 1 aliphatic heterocycles. The normalized spacial score (nSPS) is 18.3. The van der Waals surface area contributed by atoms with Crippen molar-refractivity contribution in [3.63, 3.8) is 0 Å². The Bertz CT molecular complexity index is 397. The van der Waals surface area contributed by atoms with Crippen molar-refractivity contribution in [3.8, 4) is 0 Å². The molecule has 2 rings (SSSR count). The molecule has 1 aliphatic rings. The monoisotopic (exact) mass is 262 g/mol. The summed E-state index contributed by atoms with van der Waals surface area (Å²) in [4.78, 5) is 11.6. The van der Waals surface area contributed by atoms with Crippen molar-refractivity contribution in [2.75, 3.05) is 25.1 Å². The number of carbonyl (C=O) groups excluding carboxylic acids is 1. The molecule has 0 spiro atoms. The van der Waals surface area contributed by atoms with Crippen LogP contribution in [0.1, 0.15) is 24.8 Å². The van der Waals surface area contributed by atoms with Gasteiger partial charge in [0.05, 0.1) is 0 Å². The largest absolute Gasteiger partial charge is 0.381 e. The minimum atomic E-state index is -0.133. The Kier molecular flexibility index (Phi) is 5.21. The van der Waals surface area contributed by atoms with Crippen LogP contribution in [0.4, 0.5) is 10.5 Å².